The number of fused-ring (bicyclic) bond motifs is 3. The number of para-hydroxylation sites is 1. The Labute approximate surface area is 284 Å². The molecule has 0 saturated heterocycles. The molecule has 0 spiro atoms. The minimum Gasteiger partial charge on any atom is -0.309 e. The molecular formula is C45H30N4. The third-order valence-corrected chi connectivity index (χ3v) is 9.06. The van der Waals surface area contributed by atoms with Crippen LogP contribution in [0.2, 0.25) is 0 Å². The van der Waals surface area contributed by atoms with Crippen molar-refractivity contribution in [3.63, 3.8) is 0 Å². The fraction of sp³-hybridized carbons (Fsp3) is 0. The second kappa shape index (κ2) is 12.2. The second-order valence-corrected chi connectivity index (χ2v) is 12.1. The highest BCUT2D eigenvalue weighted by Crippen LogP contribution is 2.39. The van der Waals surface area contributed by atoms with Gasteiger partial charge in [0.15, 0.2) is 17.5 Å². The summed E-state index contributed by atoms with van der Waals surface area (Å²) < 4.78 is 2.36. The smallest absolute Gasteiger partial charge is 0.166 e. The van der Waals surface area contributed by atoms with Crippen molar-refractivity contribution in [2.24, 2.45) is 0 Å². The lowest BCUT2D eigenvalue weighted by molar-refractivity contribution is 1.06. The number of hydrogen-bond donors (Lipinski definition) is 0. The molecular weight excluding hydrogens is 597 g/mol. The van der Waals surface area contributed by atoms with Crippen LogP contribution in [0.5, 0.6) is 0 Å². The first-order valence-electron chi connectivity index (χ1n) is 16.5. The van der Waals surface area contributed by atoms with Crippen molar-refractivity contribution in [2.75, 3.05) is 0 Å². The zero-order chi connectivity index (χ0) is 32.6. The van der Waals surface area contributed by atoms with Gasteiger partial charge in [0.25, 0.3) is 0 Å². The average molecular weight is 627 g/mol. The summed E-state index contributed by atoms with van der Waals surface area (Å²) in [6.45, 7) is 0. The lowest BCUT2D eigenvalue weighted by Crippen LogP contribution is -2.03. The molecule has 9 rings (SSSR count). The third kappa shape index (κ3) is 5.26. The minimum absolute atomic E-state index is 0.625. The molecule has 230 valence electrons. The quantitative estimate of drug-likeness (QED) is 0.184. The summed E-state index contributed by atoms with van der Waals surface area (Å²) in [5.74, 6) is 1.91. The molecule has 0 N–H and O–H groups in total. The molecule has 9 aromatic rings. The number of hydrogen-bond acceptors (Lipinski definition) is 3. The summed E-state index contributed by atoms with van der Waals surface area (Å²) in [4.78, 5) is 15.1. The molecule has 0 unspecified atom stereocenters. The fourth-order valence-electron chi connectivity index (χ4n) is 6.69. The van der Waals surface area contributed by atoms with Crippen LogP contribution in [0.4, 0.5) is 0 Å². The predicted molar refractivity (Wildman–Crippen MR) is 201 cm³/mol. The molecule has 7 aromatic carbocycles. The van der Waals surface area contributed by atoms with Gasteiger partial charge in [-0.2, -0.15) is 0 Å². The van der Waals surface area contributed by atoms with Crippen molar-refractivity contribution < 1.29 is 0 Å². The first kappa shape index (κ1) is 28.6. The molecule has 0 aliphatic heterocycles. The van der Waals surface area contributed by atoms with Gasteiger partial charge in [-0.1, -0.05) is 146 Å². The maximum Gasteiger partial charge on any atom is 0.166 e. The van der Waals surface area contributed by atoms with Gasteiger partial charge in [0.05, 0.1) is 16.7 Å². The van der Waals surface area contributed by atoms with Gasteiger partial charge < -0.3 is 4.57 Å². The van der Waals surface area contributed by atoms with Gasteiger partial charge >= 0.3 is 0 Å². The van der Waals surface area contributed by atoms with E-state index in [4.69, 9.17) is 15.0 Å². The van der Waals surface area contributed by atoms with Crippen LogP contribution in [0, 0.1) is 0 Å². The molecule has 0 atom stereocenters. The Hall–Kier alpha value is -6.65. The van der Waals surface area contributed by atoms with Gasteiger partial charge in [-0.25, -0.2) is 15.0 Å². The van der Waals surface area contributed by atoms with Crippen LogP contribution in [0.1, 0.15) is 0 Å². The van der Waals surface area contributed by atoms with Crippen molar-refractivity contribution in [1.29, 1.82) is 0 Å². The maximum absolute atomic E-state index is 5.10. The van der Waals surface area contributed by atoms with Crippen LogP contribution in [0.25, 0.3) is 83.9 Å². The zero-order valence-corrected chi connectivity index (χ0v) is 26.6. The van der Waals surface area contributed by atoms with Crippen LogP contribution >= 0.6 is 0 Å². The second-order valence-electron chi connectivity index (χ2n) is 12.1. The summed E-state index contributed by atoms with van der Waals surface area (Å²) in [5, 5.41) is 2.38. The summed E-state index contributed by atoms with van der Waals surface area (Å²) >= 11 is 0. The summed E-state index contributed by atoms with van der Waals surface area (Å²) in [7, 11) is 0. The Bertz CT molecular complexity index is 2420. The monoisotopic (exact) mass is 626 g/mol. The molecule has 0 aliphatic rings. The molecule has 0 bridgehead atoms. The van der Waals surface area contributed by atoms with E-state index in [2.05, 4.69) is 126 Å². The highest BCUT2D eigenvalue weighted by molar-refractivity contribution is 6.12. The van der Waals surface area contributed by atoms with Gasteiger partial charge in [0, 0.05) is 27.5 Å². The highest BCUT2D eigenvalue weighted by Gasteiger charge is 2.20. The summed E-state index contributed by atoms with van der Waals surface area (Å²) in [6, 6.07) is 63.4. The highest BCUT2D eigenvalue weighted by atomic mass is 15.1. The van der Waals surface area contributed by atoms with Gasteiger partial charge in [-0.15, -0.1) is 0 Å². The standard InChI is InChI=1S/C45H30N4/c1-5-15-31(16-6-1)35-25-27-41-38(29-35)39-30-36(32-17-7-2-8-18-32)26-28-42(39)49(41)40-24-14-13-23-37(40)45-47-43(33-19-9-3-10-20-33)46-44(48-45)34-21-11-4-12-22-34/h1-30H. The minimum atomic E-state index is 0.625. The van der Waals surface area contributed by atoms with E-state index in [-0.39, 0.29) is 0 Å². The Kier molecular flexibility index (Phi) is 7.10. The topological polar surface area (TPSA) is 43.6 Å². The van der Waals surface area contributed by atoms with Crippen LogP contribution < -0.4 is 0 Å². The van der Waals surface area contributed by atoms with E-state index in [9.17, 15) is 0 Å². The van der Waals surface area contributed by atoms with E-state index in [0.29, 0.717) is 17.5 Å². The van der Waals surface area contributed by atoms with E-state index in [1.807, 2.05) is 60.7 Å². The lowest BCUT2D eigenvalue weighted by atomic mass is 10.0. The largest absolute Gasteiger partial charge is 0.309 e. The van der Waals surface area contributed by atoms with Crippen LogP contribution in [0.3, 0.4) is 0 Å². The third-order valence-electron chi connectivity index (χ3n) is 9.06. The van der Waals surface area contributed by atoms with Crippen LogP contribution in [-0.4, -0.2) is 19.5 Å². The molecule has 2 aromatic heterocycles. The average Bonchev–Trinajstić information content (AvgIpc) is 3.52. The molecule has 0 radical (unpaired) electrons. The van der Waals surface area contributed by atoms with Gasteiger partial charge in [-0.3, -0.25) is 0 Å². The van der Waals surface area contributed by atoms with Crippen molar-refractivity contribution in [3.05, 3.63) is 182 Å². The van der Waals surface area contributed by atoms with E-state index in [1.54, 1.807) is 0 Å². The van der Waals surface area contributed by atoms with Gasteiger partial charge in [0.2, 0.25) is 0 Å². The van der Waals surface area contributed by atoms with E-state index in [0.717, 1.165) is 33.4 Å². The first-order valence-corrected chi connectivity index (χ1v) is 16.5. The SMILES string of the molecule is c1ccc(-c2ccc3c(c2)c2cc(-c4ccccc4)ccc2n3-c2ccccc2-c2nc(-c3ccccc3)nc(-c3ccccc3)n2)cc1. The van der Waals surface area contributed by atoms with Crippen LogP contribution in [0.15, 0.2) is 182 Å². The Morgan fingerprint density at radius 2 is 0.694 bits per heavy atom. The Balaban J connectivity index is 1.30. The normalized spacial score (nSPS) is 11.3. The Morgan fingerprint density at radius 3 is 1.16 bits per heavy atom. The van der Waals surface area contributed by atoms with E-state index in [1.165, 1.54) is 33.0 Å². The van der Waals surface area contributed by atoms with Crippen molar-refractivity contribution in [1.82, 2.24) is 19.5 Å². The number of benzene rings is 7. The van der Waals surface area contributed by atoms with E-state index >= 15 is 0 Å². The summed E-state index contributed by atoms with van der Waals surface area (Å²) in [6.07, 6.45) is 0. The number of rotatable bonds is 6. The zero-order valence-electron chi connectivity index (χ0n) is 26.6. The summed E-state index contributed by atoms with van der Waals surface area (Å²) in [5.41, 5.74) is 10.8. The molecule has 2 heterocycles. The first-order chi connectivity index (χ1) is 24.3. The molecule has 0 saturated carbocycles. The molecule has 4 nitrogen and oxygen atoms in total. The van der Waals surface area contributed by atoms with Gasteiger partial charge in [0.1, 0.15) is 0 Å². The van der Waals surface area contributed by atoms with E-state index < -0.39 is 0 Å². The molecule has 49 heavy (non-hydrogen) atoms. The molecule has 0 fully saturated rings. The number of aromatic nitrogens is 4. The molecule has 0 aliphatic carbocycles. The van der Waals surface area contributed by atoms with Gasteiger partial charge in [-0.05, 0) is 58.7 Å². The Morgan fingerprint density at radius 1 is 0.306 bits per heavy atom. The molecule has 0 amide bonds. The van der Waals surface area contributed by atoms with Crippen LogP contribution in [-0.2, 0) is 0 Å². The number of nitrogens with zero attached hydrogens (tertiary/aromatic N) is 4. The fourth-order valence-corrected chi connectivity index (χ4v) is 6.69. The van der Waals surface area contributed by atoms with Crippen molar-refractivity contribution in [3.8, 4) is 62.1 Å². The maximum atomic E-state index is 5.10. The lowest BCUT2D eigenvalue weighted by Gasteiger charge is -2.15. The van der Waals surface area contributed by atoms with Crippen molar-refractivity contribution >= 4 is 21.8 Å². The van der Waals surface area contributed by atoms with Crippen molar-refractivity contribution in [2.45, 2.75) is 0 Å². The molecule has 4 heteroatoms. The predicted octanol–water partition coefficient (Wildman–Crippen LogP) is 11.3.